The van der Waals surface area contributed by atoms with Gasteiger partial charge in [0.2, 0.25) is 0 Å². The molecule has 2 aliphatic rings. The Kier molecular flexibility index (Phi) is 7.06. The van der Waals surface area contributed by atoms with Crippen molar-refractivity contribution in [1.29, 1.82) is 0 Å². The molecular formula is C32H27F3N4O3. The highest BCUT2D eigenvalue weighted by Crippen LogP contribution is 2.39. The maximum absolute atomic E-state index is 13.2. The van der Waals surface area contributed by atoms with Crippen LogP contribution in [0.25, 0.3) is 0 Å². The lowest BCUT2D eigenvalue weighted by molar-refractivity contribution is -0.137. The Balaban J connectivity index is 1.31. The molecule has 2 bridgehead atoms. The molecule has 2 aliphatic heterocycles. The Hall–Kier alpha value is -4.86. The van der Waals surface area contributed by atoms with Crippen LogP contribution >= 0.6 is 0 Å². The SMILES string of the molecule is O=C(Nc1cccc(C(F)(F)F)c1)c1ccc(N2C[C@H]3C[C@@H](C2)c2cccc(=O)n2C3)c(NC(=O)c2ccccc2)c1. The second-order valence-electron chi connectivity index (χ2n) is 10.7. The van der Waals surface area contributed by atoms with Gasteiger partial charge in [0.25, 0.3) is 17.4 Å². The summed E-state index contributed by atoms with van der Waals surface area (Å²) < 4.78 is 41.4. The van der Waals surface area contributed by atoms with Crippen LogP contribution in [-0.2, 0) is 12.7 Å². The molecule has 0 radical (unpaired) electrons. The van der Waals surface area contributed by atoms with Crippen LogP contribution in [0.1, 0.15) is 44.3 Å². The lowest BCUT2D eigenvalue weighted by Crippen LogP contribution is -2.47. The molecule has 0 saturated carbocycles. The monoisotopic (exact) mass is 572 g/mol. The summed E-state index contributed by atoms with van der Waals surface area (Å²) in [5, 5.41) is 5.47. The molecule has 3 heterocycles. The summed E-state index contributed by atoms with van der Waals surface area (Å²) in [5.74, 6) is -0.632. The first-order valence-electron chi connectivity index (χ1n) is 13.6. The standard InChI is InChI=1S/C32H27F3N4O3/c33-32(34,35)24-8-4-9-25(16-24)36-31(42)22-12-13-28(26(15-22)37-30(41)21-6-2-1-3-7-21)38-17-20-14-23(19-38)27-10-5-11-29(40)39(27)18-20/h1-13,15-16,20,23H,14,17-19H2,(H,36,42)(H,37,41)/t20-,23+/m1/s1. The van der Waals surface area contributed by atoms with Gasteiger partial charge in [-0.3, -0.25) is 14.4 Å². The summed E-state index contributed by atoms with van der Waals surface area (Å²) in [6.07, 6.45) is -3.60. The van der Waals surface area contributed by atoms with Gasteiger partial charge in [0.15, 0.2) is 0 Å². The van der Waals surface area contributed by atoms with Crippen molar-refractivity contribution in [2.24, 2.45) is 5.92 Å². The zero-order chi connectivity index (χ0) is 29.4. The van der Waals surface area contributed by atoms with Gasteiger partial charge in [-0.05, 0) is 66.9 Å². The van der Waals surface area contributed by atoms with Crippen molar-refractivity contribution >= 4 is 28.9 Å². The molecule has 6 rings (SSSR count). The number of fused-ring (bicyclic) bond motifs is 4. The van der Waals surface area contributed by atoms with Crippen LogP contribution in [-0.4, -0.2) is 29.5 Å². The van der Waals surface area contributed by atoms with Gasteiger partial charge in [-0.25, -0.2) is 0 Å². The van der Waals surface area contributed by atoms with E-state index in [-0.39, 0.29) is 34.6 Å². The van der Waals surface area contributed by atoms with Crippen LogP contribution in [0, 0.1) is 5.92 Å². The quantitative estimate of drug-likeness (QED) is 0.308. The number of carbonyl (C=O) groups excluding carboxylic acids is 2. The maximum Gasteiger partial charge on any atom is 0.416 e. The smallest absolute Gasteiger partial charge is 0.369 e. The van der Waals surface area contributed by atoms with E-state index in [9.17, 15) is 27.6 Å². The first-order valence-corrected chi connectivity index (χ1v) is 13.6. The van der Waals surface area contributed by atoms with Crippen molar-refractivity contribution in [3.8, 4) is 0 Å². The van der Waals surface area contributed by atoms with Crippen molar-refractivity contribution in [3.63, 3.8) is 0 Å². The number of benzene rings is 3. The largest absolute Gasteiger partial charge is 0.416 e. The number of hydrogen-bond acceptors (Lipinski definition) is 4. The van der Waals surface area contributed by atoms with E-state index >= 15 is 0 Å². The van der Waals surface area contributed by atoms with Gasteiger partial charge in [-0.15, -0.1) is 0 Å². The Morgan fingerprint density at radius 1 is 0.762 bits per heavy atom. The Bertz CT molecular complexity index is 1720. The van der Waals surface area contributed by atoms with E-state index in [4.69, 9.17) is 0 Å². The average Bonchev–Trinajstić information content (AvgIpc) is 2.98. The summed E-state index contributed by atoms with van der Waals surface area (Å²) in [7, 11) is 0. The molecule has 0 spiro atoms. The fourth-order valence-corrected chi connectivity index (χ4v) is 5.91. The normalized spacial score (nSPS) is 17.7. The van der Waals surface area contributed by atoms with Gasteiger partial charge in [0.1, 0.15) is 0 Å². The van der Waals surface area contributed by atoms with Crippen molar-refractivity contribution in [2.75, 3.05) is 28.6 Å². The fraction of sp³-hybridized carbons (Fsp3) is 0.219. The van der Waals surface area contributed by atoms with Crippen molar-refractivity contribution in [3.05, 3.63) is 124 Å². The van der Waals surface area contributed by atoms with E-state index in [1.165, 1.54) is 12.1 Å². The lowest BCUT2D eigenvalue weighted by Gasteiger charge is -2.44. The molecule has 7 nitrogen and oxygen atoms in total. The number of carbonyl (C=O) groups is 2. The summed E-state index contributed by atoms with van der Waals surface area (Å²) >= 11 is 0. The van der Waals surface area contributed by atoms with Gasteiger partial charge in [0, 0.05) is 54.1 Å². The zero-order valence-electron chi connectivity index (χ0n) is 22.4. The third kappa shape index (κ3) is 5.52. The number of hydrogen-bond donors (Lipinski definition) is 2. The van der Waals surface area contributed by atoms with Crippen LogP contribution in [0.3, 0.4) is 0 Å². The van der Waals surface area contributed by atoms with Crippen LogP contribution in [0.2, 0.25) is 0 Å². The second kappa shape index (κ2) is 10.8. The number of aromatic nitrogens is 1. The van der Waals surface area contributed by atoms with E-state index < -0.39 is 17.6 Å². The Labute approximate surface area is 239 Å². The number of nitrogens with zero attached hydrogens (tertiary/aromatic N) is 2. The number of alkyl halides is 3. The molecule has 2 N–H and O–H groups in total. The zero-order valence-corrected chi connectivity index (χ0v) is 22.4. The van der Waals surface area contributed by atoms with E-state index in [0.29, 0.717) is 30.9 Å². The molecule has 1 fully saturated rings. The molecule has 2 atom stereocenters. The minimum Gasteiger partial charge on any atom is -0.369 e. The second-order valence-corrected chi connectivity index (χ2v) is 10.7. The molecule has 0 aliphatic carbocycles. The molecular weight excluding hydrogens is 545 g/mol. The van der Waals surface area contributed by atoms with E-state index in [2.05, 4.69) is 15.5 Å². The molecule has 0 unspecified atom stereocenters. The number of halogens is 3. The van der Waals surface area contributed by atoms with E-state index in [0.717, 1.165) is 29.9 Å². The number of rotatable bonds is 5. The lowest BCUT2D eigenvalue weighted by atomic mass is 9.83. The number of pyridine rings is 1. The number of piperidine rings is 1. The third-order valence-corrected chi connectivity index (χ3v) is 7.81. The van der Waals surface area contributed by atoms with Gasteiger partial charge < -0.3 is 20.1 Å². The number of amides is 2. The topological polar surface area (TPSA) is 83.4 Å². The first kappa shape index (κ1) is 27.3. The van der Waals surface area contributed by atoms with Crippen molar-refractivity contribution in [2.45, 2.75) is 25.1 Å². The molecule has 1 saturated heterocycles. The highest BCUT2D eigenvalue weighted by atomic mass is 19.4. The Morgan fingerprint density at radius 3 is 2.31 bits per heavy atom. The van der Waals surface area contributed by atoms with E-state index in [1.54, 1.807) is 60.7 Å². The number of nitrogens with one attached hydrogen (secondary N) is 2. The minimum atomic E-state index is -4.54. The molecule has 2 amide bonds. The third-order valence-electron chi connectivity index (χ3n) is 7.81. The molecule has 214 valence electrons. The summed E-state index contributed by atoms with van der Waals surface area (Å²) in [5.41, 5.74) is 1.84. The van der Waals surface area contributed by atoms with Gasteiger partial charge in [-0.1, -0.05) is 30.3 Å². The van der Waals surface area contributed by atoms with Gasteiger partial charge >= 0.3 is 6.18 Å². The van der Waals surface area contributed by atoms with Crippen LogP contribution in [0.4, 0.5) is 30.2 Å². The molecule has 10 heteroatoms. The van der Waals surface area contributed by atoms with Crippen molar-refractivity contribution < 1.29 is 22.8 Å². The highest BCUT2D eigenvalue weighted by Gasteiger charge is 2.35. The average molecular weight is 573 g/mol. The van der Waals surface area contributed by atoms with Crippen LogP contribution in [0.15, 0.2) is 95.8 Å². The summed E-state index contributed by atoms with van der Waals surface area (Å²) in [6, 6.07) is 23.3. The maximum atomic E-state index is 13.2. The fourth-order valence-electron chi connectivity index (χ4n) is 5.91. The van der Waals surface area contributed by atoms with Gasteiger partial charge in [0.05, 0.1) is 16.9 Å². The van der Waals surface area contributed by atoms with Crippen molar-refractivity contribution in [1.82, 2.24) is 4.57 Å². The summed E-state index contributed by atoms with van der Waals surface area (Å²) in [6.45, 7) is 1.87. The highest BCUT2D eigenvalue weighted by molar-refractivity contribution is 6.09. The molecule has 42 heavy (non-hydrogen) atoms. The first-order chi connectivity index (χ1) is 20.2. The Morgan fingerprint density at radius 2 is 1.52 bits per heavy atom. The summed E-state index contributed by atoms with van der Waals surface area (Å²) in [4.78, 5) is 40.9. The van der Waals surface area contributed by atoms with Crippen LogP contribution in [0.5, 0.6) is 0 Å². The van der Waals surface area contributed by atoms with E-state index in [1.807, 2.05) is 10.6 Å². The predicted octanol–water partition coefficient (Wildman–Crippen LogP) is 6.00. The predicted molar refractivity (Wildman–Crippen MR) is 154 cm³/mol. The number of anilines is 3. The molecule has 3 aromatic carbocycles. The minimum absolute atomic E-state index is 0.00605. The van der Waals surface area contributed by atoms with Crippen LogP contribution < -0.4 is 21.1 Å². The molecule has 1 aromatic heterocycles. The van der Waals surface area contributed by atoms with Gasteiger partial charge in [-0.2, -0.15) is 13.2 Å². The molecule has 4 aromatic rings.